The number of carboxylic acids is 1. The second-order valence-electron chi connectivity index (χ2n) is 4.10. The molecule has 1 N–H and O–H groups in total. The van der Waals surface area contributed by atoms with Gasteiger partial charge in [0, 0.05) is 10.6 Å². The minimum atomic E-state index is -1.09. The molecule has 0 bridgehead atoms. The predicted molar refractivity (Wildman–Crippen MR) is 81.0 cm³/mol. The van der Waals surface area contributed by atoms with Crippen LogP contribution in [0.3, 0.4) is 0 Å². The number of thioether (sulfide) groups is 1. The first-order chi connectivity index (χ1) is 10.1. The van der Waals surface area contributed by atoms with E-state index in [1.807, 2.05) is 0 Å². The lowest BCUT2D eigenvalue weighted by Crippen LogP contribution is -2.02. The van der Waals surface area contributed by atoms with Crippen LogP contribution in [0.25, 0.3) is 0 Å². The topological polar surface area (TPSA) is 46.5 Å². The van der Waals surface area contributed by atoms with Gasteiger partial charge in [-0.2, -0.15) is 0 Å². The van der Waals surface area contributed by atoms with Crippen LogP contribution in [0, 0.1) is 5.82 Å². The highest BCUT2D eigenvalue weighted by molar-refractivity contribution is 7.99. The summed E-state index contributed by atoms with van der Waals surface area (Å²) in [6.45, 7) is 0.405. The van der Waals surface area contributed by atoms with E-state index in [-0.39, 0.29) is 16.4 Å². The number of benzene rings is 2. The van der Waals surface area contributed by atoms with Gasteiger partial charge in [0.2, 0.25) is 0 Å². The number of rotatable bonds is 6. The number of ether oxygens (including phenoxy) is 1. The van der Waals surface area contributed by atoms with Crippen molar-refractivity contribution in [3.63, 3.8) is 0 Å². The highest BCUT2D eigenvalue weighted by Crippen LogP contribution is 2.23. The molecule has 0 fully saturated rings. The zero-order chi connectivity index (χ0) is 15.2. The summed E-state index contributed by atoms with van der Waals surface area (Å²) in [6.07, 6.45) is 0. The van der Waals surface area contributed by atoms with Gasteiger partial charge in [-0.15, -0.1) is 11.8 Å². The number of aromatic carboxylic acids is 1. The van der Waals surface area contributed by atoms with E-state index in [2.05, 4.69) is 0 Å². The molecule has 0 aliphatic heterocycles. The van der Waals surface area contributed by atoms with Crippen LogP contribution in [0.2, 0.25) is 5.02 Å². The largest absolute Gasteiger partial charge is 0.493 e. The fourth-order valence-corrected chi connectivity index (χ4v) is 2.54. The molecule has 0 aliphatic rings. The molecule has 0 heterocycles. The second kappa shape index (κ2) is 7.33. The first-order valence-electron chi connectivity index (χ1n) is 6.10. The van der Waals surface area contributed by atoms with Crippen molar-refractivity contribution in [2.24, 2.45) is 0 Å². The molecule has 0 saturated heterocycles. The normalized spacial score (nSPS) is 10.4. The molecule has 0 radical (unpaired) electrons. The van der Waals surface area contributed by atoms with Crippen LogP contribution < -0.4 is 4.74 Å². The van der Waals surface area contributed by atoms with Gasteiger partial charge in [-0.25, -0.2) is 9.18 Å². The Kier molecular flexibility index (Phi) is 5.47. The zero-order valence-corrected chi connectivity index (χ0v) is 12.5. The summed E-state index contributed by atoms with van der Waals surface area (Å²) in [5.74, 6) is -0.239. The van der Waals surface area contributed by atoms with Crippen molar-refractivity contribution in [1.82, 2.24) is 0 Å². The van der Waals surface area contributed by atoms with Crippen LogP contribution in [0.5, 0.6) is 5.75 Å². The molecular formula is C15H12ClFO3S. The number of carboxylic acid groups (broad SMARTS) is 1. The third kappa shape index (κ3) is 4.65. The van der Waals surface area contributed by atoms with Crippen molar-refractivity contribution in [3.05, 3.63) is 58.9 Å². The molecule has 2 aromatic carbocycles. The fourth-order valence-electron chi connectivity index (χ4n) is 1.61. The Hall–Kier alpha value is -1.72. The third-order valence-electron chi connectivity index (χ3n) is 2.60. The van der Waals surface area contributed by atoms with Crippen LogP contribution in [0.15, 0.2) is 47.4 Å². The standard InChI is InChI=1S/C15H12ClFO3S/c16-14-6-3-11(9-13(14)15(18)19)20-7-8-21-12-4-1-10(17)2-5-12/h1-6,9H,7-8H2,(H,18,19). The molecule has 0 saturated carbocycles. The molecule has 0 atom stereocenters. The third-order valence-corrected chi connectivity index (χ3v) is 3.91. The van der Waals surface area contributed by atoms with Gasteiger partial charge in [0.15, 0.2) is 0 Å². The lowest BCUT2D eigenvalue weighted by atomic mass is 10.2. The SMILES string of the molecule is O=C(O)c1cc(OCCSc2ccc(F)cc2)ccc1Cl. The molecule has 0 aliphatic carbocycles. The van der Waals surface area contributed by atoms with Gasteiger partial charge in [-0.3, -0.25) is 0 Å². The van der Waals surface area contributed by atoms with E-state index in [0.29, 0.717) is 18.1 Å². The summed E-state index contributed by atoms with van der Waals surface area (Å²) in [5, 5.41) is 9.13. The summed E-state index contributed by atoms with van der Waals surface area (Å²) >= 11 is 7.30. The average molecular weight is 327 g/mol. The average Bonchev–Trinajstić information content (AvgIpc) is 2.46. The molecule has 6 heteroatoms. The van der Waals surface area contributed by atoms with Gasteiger partial charge >= 0.3 is 5.97 Å². The van der Waals surface area contributed by atoms with Crippen LogP contribution >= 0.6 is 23.4 Å². The maximum Gasteiger partial charge on any atom is 0.337 e. The highest BCUT2D eigenvalue weighted by Gasteiger charge is 2.09. The van der Waals surface area contributed by atoms with E-state index < -0.39 is 5.97 Å². The van der Waals surface area contributed by atoms with E-state index in [0.717, 1.165) is 4.90 Å². The number of halogens is 2. The van der Waals surface area contributed by atoms with Crippen molar-refractivity contribution in [2.45, 2.75) is 4.90 Å². The molecule has 2 aromatic rings. The van der Waals surface area contributed by atoms with E-state index in [1.54, 1.807) is 18.2 Å². The van der Waals surface area contributed by atoms with E-state index >= 15 is 0 Å². The van der Waals surface area contributed by atoms with Crippen LogP contribution in [-0.2, 0) is 0 Å². The Labute approximate surface area is 130 Å². The van der Waals surface area contributed by atoms with E-state index in [9.17, 15) is 9.18 Å². The molecule has 21 heavy (non-hydrogen) atoms. The maximum absolute atomic E-state index is 12.7. The van der Waals surface area contributed by atoms with Crippen LogP contribution in [-0.4, -0.2) is 23.4 Å². The Bertz CT molecular complexity index is 631. The highest BCUT2D eigenvalue weighted by atomic mass is 35.5. The van der Waals surface area contributed by atoms with Gasteiger partial charge in [0.05, 0.1) is 17.2 Å². The number of hydrogen-bond acceptors (Lipinski definition) is 3. The summed E-state index contributed by atoms with van der Waals surface area (Å²) < 4.78 is 18.2. The summed E-state index contributed by atoms with van der Waals surface area (Å²) in [6, 6.07) is 10.7. The first-order valence-corrected chi connectivity index (χ1v) is 7.46. The van der Waals surface area contributed by atoms with Gasteiger partial charge in [-0.1, -0.05) is 11.6 Å². The van der Waals surface area contributed by atoms with Gasteiger partial charge in [-0.05, 0) is 42.5 Å². The Morgan fingerprint density at radius 2 is 1.95 bits per heavy atom. The van der Waals surface area contributed by atoms with Crippen molar-refractivity contribution in [1.29, 1.82) is 0 Å². The minimum absolute atomic E-state index is 0.0142. The summed E-state index contributed by atoms with van der Waals surface area (Å²) in [7, 11) is 0. The molecule has 110 valence electrons. The molecular weight excluding hydrogens is 315 g/mol. The molecule has 0 amide bonds. The quantitative estimate of drug-likeness (QED) is 0.633. The van der Waals surface area contributed by atoms with Crippen molar-refractivity contribution in [3.8, 4) is 5.75 Å². The van der Waals surface area contributed by atoms with Gasteiger partial charge in [0.25, 0.3) is 0 Å². The van der Waals surface area contributed by atoms with E-state index in [4.69, 9.17) is 21.4 Å². The van der Waals surface area contributed by atoms with Gasteiger partial charge in [0.1, 0.15) is 11.6 Å². The summed E-state index contributed by atoms with van der Waals surface area (Å²) in [4.78, 5) is 11.9. The molecule has 0 unspecified atom stereocenters. The minimum Gasteiger partial charge on any atom is -0.493 e. The summed E-state index contributed by atoms with van der Waals surface area (Å²) in [5.41, 5.74) is 0.0142. The second-order valence-corrected chi connectivity index (χ2v) is 5.67. The molecule has 0 spiro atoms. The van der Waals surface area contributed by atoms with Crippen LogP contribution in [0.1, 0.15) is 10.4 Å². The van der Waals surface area contributed by atoms with Crippen molar-refractivity contribution in [2.75, 3.05) is 12.4 Å². The monoisotopic (exact) mass is 326 g/mol. The van der Waals surface area contributed by atoms with E-state index in [1.165, 1.54) is 36.0 Å². The predicted octanol–water partition coefficient (Wildman–Crippen LogP) is 4.35. The number of hydrogen-bond donors (Lipinski definition) is 1. The number of carbonyl (C=O) groups is 1. The molecule has 2 rings (SSSR count). The Morgan fingerprint density at radius 1 is 1.24 bits per heavy atom. The van der Waals surface area contributed by atoms with Crippen molar-refractivity contribution < 1.29 is 19.0 Å². The van der Waals surface area contributed by atoms with Crippen LogP contribution in [0.4, 0.5) is 4.39 Å². The molecule has 0 aromatic heterocycles. The molecule has 3 nitrogen and oxygen atoms in total. The Balaban J connectivity index is 1.85. The maximum atomic E-state index is 12.7. The fraction of sp³-hybridized carbons (Fsp3) is 0.133. The zero-order valence-electron chi connectivity index (χ0n) is 10.9. The van der Waals surface area contributed by atoms with Gasteiger partial charge < -0.3 is 9.84 Å². The lowest BCUT2D eigenvalue weighted by molar-refractivity contribution is 0.0696. The lowest BCUT2D eigenvalue weighted by Gasteiger charge is -2.07. The first kappa shape index (κ1) is 15.7. The smallest absolute Gasteiger partial charge is 0.337 e. The van der Waals surface area contributed by atoms with Crippen molar-refractivity contribution >= 4 is 29.3 Å². The Morgan fingerprint density at radius 3 is 2.62 bits per heavy atom.